The van der Waals surface area contributed by atoms with Crippen LogP contribution in [0, 0.1) is 0 Å². The van der Waals surface area contributed by atoms with E-state index in [0.29, 0.717) is 6.61 Å². The van der Waals surface area contributed by atoms with Gasteiger partial charge >= 0.3 is 0 Å². The Hall–Kier alpha value is -0.860. The smallest absolute Gasteiger partial charge is 0.0933 e. The highest BCUT2D eigenvalue weighted by Gasteiger charge is 1.91. The summed E-state index contributed by atoms with van der Waals surface area (Å²) in [6.07, 6.45) is 5.09. The zero-order chi connectivity index (χ0) is 10.8. The van der Waals surface area contributed by atoms with Crippen molar-refractivity contribution in [2.45, 2.75) is 39.2 Å². The average Bonchev–Trinajstić information content (AvgIpc) is 2.29. The van der Waals surface area contributed by atoms with E-state index in [0.717, 1.165) is 6.54 Å². The predicted octanol–water partition coefficient (Wildman–Crippen LogP) is 3.29. The van der Waals surface area contributed by atoms with E-state index in [-0.39, 0.29) is 0 Å². The van der Waals surface area contributed by atoms with Gasteiger partial charge in [-0.3, -0.25) is 4.84 Å². The summed E-state index contributed by atoms with van der Waals surface area (Å²) in [5, 5.41) is 0. The number of unbranched alkanes of at least 4 members (excludes halogenated alkanes) is 3. The summed E-state index contributed by atoms with van der Waals surface area (Å²) in [6, 6.07) is 10.2. The van der Waals surface area contributed by atoms with E-state index in [9.17, 15) is 0 Å². The normalized spacial score (nSPS) is 10.5. The van der Waals surface area contributed by atoms with Crippen molar-refractivity contribution in [2.24, 2.45) is 0 Å². The lowest BCUT2D eigenvalue weighted by atomic mass is 10.2. The molecule has 0 bridgehead atoms. The minimum Gasteiger partial charge on any atom is -0.297 e. The van der Waals surface area contributed by atoms with Gasteiger partial charge in [-0.1, -0.05) is 56.5 Å². The number of hydroxylamine groups is 1. The number of hydrogen-bond acceptors (Lipinski definition) is 2. The quantitative estimate of drug-likeness (QED) is 0.521. The summed E-state index contributed by atoms with van der Waals surface area (Å²) in [5.74, 6) is 0. The molecule has 0 aliphatic carbocycles. The molecule has 0 radical (unpaired) electrons. The molecule has 1 aromatic rings. The Balaban J connectivity index is 1.93. The molecule has 0 unspecified atom stereocenters. The second-order valence-electron chi connectivity index (χ2n) is 3.73. The third-order valence-corrected chi connectivity index (χ3v) is 2.32. The van der Waals surface area contributed by atoms with Crippen molar-refractivity contribution in [1.29, 1.82) is 0 Å². The molecule has 0 aromatic heterocycles. The molecule has 0 fully saturated rings. The van der Waals surface area contributed by atoms with Gasteiger partial charge in [0, 0.05) is 6.54 Å². The van der Waals surface area contributed by atoms with Crippen molar-refractivity contribution < 1.29 is 4.84 Å². The summed E-state index contributed by atoms with van der Waals surface area (Å²) >= 11 is 0. The van der Waals surface area contributed by atoms with Gasteiger partial charge in [-0.15, -0.1) is 0 Å². The summed E-state index contributed by atoms with van der Waals surface area (Å²) in [5.41, 5.74) is 4.20. The van der Waals surface area contributed by atoms with Gasteiger partial charge in [-0.2, -0.15) is 0 Å². The van der Waals surface area contributed by atoms with Crippen molar-refractivity contribution >= 4 is 0 Å². The highest BCUT2D eigenvalue weighted by atomic mass is 16.6. The van der Waals surface area contributed by atoms with Crippen LogP contribution >= 0.6 is 0 Å². The van der Waals surface area contributed by atoms with Crippen LogP contribution in [-0.2, 0) is 11.4 Å². The van der Waals surface area contributed by atoms with Crippen LogP contribution in [0.4, 0.5) is 0 Å². The van der Waals surface area contributed by atoms with E-state index in [1.54, 1.807) is 0 Å². The average molecular weight is 207 g/mol. The molecule has 1 N–H and O–H groups in total. The molecule has 0 heterocycles. The summed E-state index contributed by atoms with van der Waals surface area (Å²) in [4.78, 5) is 5.35. The lowest BCUT2D eigenvalue weighted by Crippen LogP contribution is -2.15. The monoisotopic (exact) mass is 207 g/mol. The van der Waals surface area contributed by atoms with Crippen LogP contribution in [0.15, 0.2) is 30.3 Å². The van der Waals surface area contributed by atoms with Gasteiger partial charge in [0.05, 0.1) is 6.61 Å². The molecule has 0 amide bonds. The van der Waals surface area contributed by atoms with Gasteiger partial charge in [0.25, 0.3) is 0 Å². The molecule has 0 aliphatic heterocycles. The summed E-state index contributed by atoms with van der Waals surface area (Å²) in [7, 11) is 0. The standard InChI is InChI=1S/C13H21NO/c1-2-3-4-8-11-14-15-12-13-9-6-5-7-10-13/h5-7,9-10,14H,2-4,8,11-12H2,1H3. The number of hydrogen-bond donors (Lipinski definition) is 1. The SMILES string of the molecule is CCCCCCNOCc1ccccc1. The highest BCUT2D eigenvalue weighted by molar-refractivity contribution is 5.13. The van der Waals surface area contributed by atoms with Crippen LogP contribution in [0.2, 0.25) is 0 Å². The van der Waals surface area contributed by atoms with Crippen LogP contribution in [-0.4, -0.2) is 6.54 Å². The first-order valence-electron chi connectivity index (χ1n) is 5.82. The largest absolute Gasteiger partial charge is 0.297 e. The molecular formula is C13H21NO. The fourth-order valence-corrected chi connectivity index (χ4v) is 1.40. The van der Waals surface area contributed by atoms with Gasteiger partial charge < -0.3 is 0 Å². The fourth-order valence-electron chi connectivity index (χ4n) is 1.40. The first-order valence-corrected chi connectivity index (χ1v) is 5.82. The second kappa shape index (κ2) is 8.45. The third-order valence-electron chi connectivity index (χ3n) is 2.32. The van der Waals surface area contributed by atoms with Crippen molar-refractivity contribution in [1.82, 2.24) is 5.48 Å². The molecule has 84 valence electrons. The lowest BCUT2D eigenvalue weighted by molar-refractivity contribution is 0.0272. The molecule has 0 saturated carbocycles. The van der Waals surface area contributed by atoms with Crippen LogP contribution in [0.1, 0.15) is 38.2 Å². The first-order chi connectivity index (χ1) is 7.43. The first kappa shape index (κ1) is 12.2. The zero-order valence-corrected chi connectivity index (χ0v) is 9.54. The molecule has 1 aromatic carbocycles. The summed E-state index contributed by atoms with van der Waals surface area (Å²) < 4.78 is 0. The second-order valence-corrected chi connectivity index (χ2v) is 3.73. The Kier molecular flexibility index (Phi) is 6.88. The molecule has 0 saturated heterocycles. The van der Waals surface area contributed by atoms with Crippen LogP contribution in [0.25, 0.3) is 0 Å². The van der Waals surface area contributed by atoms with E-state index in [4.69, 9.17) is 4.84 Å². The topological polar surface area (TPSA) is 21.3 Å². The Morgan fingerprint density at radius 3 is 2.60 bits per heavy atom. The fraction of sp³-hybridized carbons (Fsp3) is 0.538. The van der Waals surface area contributed by atoms with Gasteiger partial charge in [0.1, 0.15) is 0 Å². The summed E-state index contributed by atoms with van der Waals surface area (Å²) in [6.45, 7) is 3.82. The van der Waals surface area contributed by atoms with Crippen LogP contribution in [0.5, 0.6) is 0 Å². The van der Waals surface area contributed by atoms with Crippen LogP contribution in [0.3, 0.4) is 0 Å². The zero-order valence-electron chi connectivity index (χ0n) is 9.54. The van der Waals surface area contributed by atoms with E-state index < -0.39 is 0 Å². The maximum Gasteiger partial charge on any atom is 0.0933 e. The van der Waals surface area contributed by atoms with E-state index in [2.05, 4.69) is 24.5 Å². The maximum atomic E-state index is 5.35. The van der Waals surface area contributed by atoms with E-state index in [1.165, 1.54) is 31.2 Å². The molecule has 2 heteroatoms. The van der Waals surface area contributed by atoms with Crippen molar-refractivity contribution in [3.8, 4) is 0 Å². The lowest BCUT2D eigenvalue weighted by Gasteiger charge is -2.05. The Morgan fingerprint density at radius 2 is 1.87 bits per heavy atom. The minimum atomic E-state index is 0.647. The van der Waals surface area contributed by atoms with Crippen molar-refractivity contribution in [3.05, 3.63) is 35.9 Å². The number of nitrogens with one attached hydrogen (secondary N) is 1. The van der Waals surface area contributed by atoms with E-state index in [1.807, 2.05) is 18.2 Å². The molecule has 0 spiro atoms. The number of rotatable bonds is 8. The Bertz CT molecular complexity index is 236. The Morgan fingerprint density at radius 1 is 1.07 bits per heavy atom. The maximum absolute atomic E-state index is 5.35. The van der Waals surface area contributed by atoms with Gasteiger partial charge in [-0.05, 0) is 12.0 Å². The van der Waals surface area contributed by atoms with Crippen molar-refractivity contribution in [2.75, 3.05) is 6.54 Å². The molecule has 15 heavy (non-hydrogen) atoms. The van der Waals surface area contributed by atoms with E-state index >= 15 is 0 Å². The van der Waals surface area contributed by atoms with Gasteiger partial charge in [0.15, 0.2) is 0 Å². The van der Waals surface area contributed by atoms with Crippen LogP contribution < -0.4 is 5.48 Å². The van der Waals surface area contributed by atoms with Gasteiger partial charge in [0.2, 0.25) is 0 Å². The predicted molar refractivity (Wildman–Crippen MR) is 63.4 cm³/mol. The minimum absolute atomic E-state index is 0.647. The van der Waals surface area contributed by atoms with Crippen molar-refractivity contribution in [3.63, 3.8) is 0 Å². The highest BCUT2D eigenvalue weighted by Crippen LogP contribution is 2.00. The molecule has 0 atom stereocenters. The molecule has 0 aliphatic rings. The third kappa shape index (κ3) is 6.26. The molecule has 1 rings (SSSR count). The molecular weight excluding hydrogens is 186 g/mol. The number of benzene rings is 1. The molecule has 2 nitrogen and oxygen atoms in total. The van der Waals surface area contributed by atoms with Gasteiger partial charge in [-0.25, -0.2) is 5.48 Å². The Labute approximate surface area is 92.6 Å².